The molecule has 0 saturated carbocycles. The predicted octanol–water partition coefficient (Wildman–Crippen LogP) is 6.57. The molecule has 5 rings (SSSR count). The number of unbranched alkanes of at least 4 members (excludes halogenated alkanes) is 1. The van der Waals surface area contributed by atoms with Gasteiger partial charge in [-0.05, 0) is 41.8 Å². The average Bonchev–Trinajstić information content (AvgIpc) is 3.38. The minimum Gasteiger partial charge on any atom is -0.478 e. The maximum absolute atomic E-state index is 11.9. The van der Waals surface area contributed by atoms with Crippen molar-refractivity contribution in [3.05, 3.63) is 132 Å². The Balaban J connectivity index is 1.59. The van der Waals surface area contributed by atoms with Crippen LogP contribution in [-0.4, -0.2) is 33.9 Å². The van der Waals surface area contributed by atoms with Crippen molar-refractivity contribution < 1.29 is 18.3 Å². The maximum atomic E-state index is 11.9. The summed E-state index contributed by atoms with van der Waals surface area (Å²) in [4.78, 5) is 19.0. The molecule has 0 unspecified atom stereocenters. The van der Waals surface area contributed by atoms with Gasteiger partial charge in [-0.1, -0.05) is 98.3 Å². The molecule has 0 aliphatic heterocycles. The lowest BCUT2D eigenvalue weighted by Gasteiger charge is -2.25. The number of primary sulfonamides is 1. The number of aromatic carboxylic acids is 1. The second kappa shape index (κ2) is 13.8. The second-order valence-corrected chi connectivity index (χ2v) is 12.4. The molecule has 0 bridgehead atoms. The molecule has 3 N–H and O–H groups in total. The summed E-state index contributed by atoms with van der Waals surface area (Å²) in [7, 11) is -3.80. The average molecular weight is 609 g/mol. The van der Waals surface area contributed by atoms with Crippen molar-refractivity contribution >= 4 is 16.0 Å². The Kier molecular flexibility index (Phi) is 9.69. The van der Waals surface area contributed by atoms with E-state index in [1.165, 1.54) is 12.1 Å². The molecule has 5 aromatic rings. The van der Waals surface area contributed by atoms with Crippen LogP contribution >= 0.6 is 0 Å². The van der Waals surface area contributed by atoms with Crippen LogP contribution in [0.15, 0.2) is 114 Å². The van der Waals surface area contributed by atoms with E-state index in [1.54, 1.807) is 24.3 Å². The number of carbonyl (C=O) groups is 1. The Morgan fingerprint density at radius 2 is 1.34 bits per heavy atom. The lowest BCUT2D eigenvalue weighted by atomic mass is 10.1. The van der Waals surface area contributed by atoms with Gasteiger partial charge in [-0.15, -0.1) is 0 Å². The summed E-state index contributed by atoms with van der Waals surface area (Å²) in [6.07, 6.45) is 2.02. The van der Waals surface area contributed by atoms with Crippen LogP contribution in [-0.2, 0) is 36.2 Å². The van der Waals surface area contributed by atoms with Crippen molar-refractivity contribution in [2.45, 2.75) is 50.8 Å². The summed E-state index contributed by atoms with van der Waals surface area (Å²) < 4.78 is 26.0. The van der Waals surface area contributed by atoms with E-state index in [9.17, 15) is 18.3 Å². The van der Waals surface area contributed by atoms with Gasteiger partial charge in [-0.2, -0.15) is 0 Å². The molecule has 1 heterocycles. The third kappa shape index (κ3) is 7.49. The lowest BCUT2D eigenvalue weighted by molar-refractivity contribution is 0.0697. The van der Waals surface area contributed by atoms with Gasteiger partial charge in [0.1, 0.15) is 5.82 Å². The molecule has 44 heavy (non-hydrogen) atoms. The zero-order chi connectivity index (χ0) is 31.1. The smallest absolute Gasteiger partial charge is 0.335 e. The first-order chi connectivity index (χ1) is 21.2. The highest BCUT2D eigenvalue weighted by molar-refractivity contribution is 7.89. The molecule has 4 aromatic carbocycles. The number of rotatable bonds is 13. The summed E-state index contributed by atoms with van der Waals surface area (Å²) in [5.74, 6) is -0.0553. The van der Waals surface area contributed by atoms with Gasteiger partial charge in [0.2, 0.25) is 10.0 Å². The van der Waals surface area contributed by atoms with Crippen LogP contribution in [0.4, 0.5) is 0 Å². The number of carboxylic acids is 1. The number of aromatic nitrogens is 2. The lowest BCUT2D eigenvalue weighted by Crippen LogP contribution is -2.25. The van der Waals surface area contributed by atoms with Crippen LogP contribution in [0.5, 0.6) is 0 Å². The highest BCUT2D eigenvalue weighted by Crippen LogP contribution is 2.32. The zero-order valence-corrected chi connectivity index (χ0v) is 25.5. The van der Waals surface area contributed by atoms with E-state index in [2.05, 4.69) is 40.7 Å². The van der Waals surface area contributed by atoms with Crippen LogP contribution in [0, 0.1) is 0 Å². The Bertz CT molecular complexity index is 1800. The normalized spacial score (nSPS) is 11.6. The standard InChI is InChI=1S/C35H36N4O4S/c1-2-3-22-39-32(33(28-10-6-4-7-11-28)37-34(39)29-12-8-5-9-13-29)25-38(23-26-14-18-30(19-15-26)35(40)41)24-27-16-20-31(21-17-27)44(36,42)43/h4-21H,2-3,22-25H2,1H3,(H,40,41)(H2,36,42,43). The van der Waals surface area contributed by atoms with Crippen molar-refractivity contribution in [3.63, 3.8) is 0 Å². The first-order valence-corrected chi connectivity index (χ1v) is 16.1. The molecule has 0 aliphatic carbocycles. The molecule has 0 amide bonds. The zero-order valence-electron chi connectivity index (χ0n) is 24.6. The van der Waals surface area contributed by atoms with Gasteiger partial charge in [0.15, 0.2) is 0 Å². The summed E-state index contributed by atoms with van der Waals surface area (Å²) in [6, 6.07) is 33.9. The summed E-state index contributed by atoms with van der Waals surface area (Å²) >= 11 is 0. The van der Waals surface area contributed by atoms with Crippen molar-refractivity contribution in [3.8, 4) is 22.6 Å². The molecular weight excluding hydrogens is 572 g/mol. The van der Waals surface area contributed by atoms with Crippen molar-refractivity contribution in [1.29, 1.82) is 0 Å². The van der Waals surface area contributed by atoms with Gasteiger partial charge in [-0.3, -0.25) is 4.90 Å². The van der Waals surface area contributed by atoms with Gasteiger partial charge in [0.25, 0.3) is 0 Å². The fourth-order valence-electron chi connectivity index (χ4n) is 5.27. The molecule has 0 spiro atoms. The number of benzene rings is 4. The minimum absolute atomic E-state index is 0.0635. The fourth-order valence-corrected chi connectivity index (χ4v) is 5.79. The monoisotopic (exact) mass is 608 g/mol. The number of nitrogens with zero attached hydrogens (tertiary/aromatic N) is 3. The third-order valence-electron chi connectivity index (χ3n) is 7.53. The minimum atomic E-state index is -3.80. The van der Waals surface area contributed by atoms with E-state index < -0.39 is 16.0 Å². The van der Waals surface area contributed by atoms with Gasteiger partial charge in [0.05, 0.1) is 21.8 Å². The third-order valence-corrected chi connectivity index (χ3v) is 8.45. The Morgan fingerprint density at radius 3 is 1.86 bits per heavy atom. The van der Waals surface area contributed by atoms with Gasteiger partial charge in [-0.25, -0.2) is 23.3 Å². The molecule has 1 aromatic heterocycles. The first-order valence-electron chi connectivity index (χ1n) is 14.6. The molecule has 9 heteroatoms. The van der Waals surface area contributed by atoms with E-state index in [0.717, 1.165) is 58.9 Å². The second-order valence-electron chi connectivity index (χ2n) is 10.8. The molecular formula is C35H36N4O4S. The molecule has 0 saturated heterocycles. The molecule has 0 radical (unpaired) electrons. The predicted molar refractivity (Wildman–Crippen MR) is 172 cm³/mol. The molecule has 226 valence electrons. The van der Waals surface area contributed by atoms with Crippen molar-refractivity contribution in [2.24, 2.45) is 5.14 Å². The number of sulfonamides is 1. The fraction of sp³-hybridized carbons (Fsp3) is 0.200. The van der Waals surface area contributed by atoms with E-state index in [-0.39, 0.29) is 10.5 Å². The van der Waals surface area contributed by atoms with E-state index in [0.29, 0.717) is 19.6 Å². The van der Waals surface area contributed by atoms with Crippen LogP contribution in [0.2, 0.25) is 0 Å². The van der Waals surface area contributed by atoms with Gasteiger partial charge in [0, 0.05) is 37.3 Å². The van der Waals surface area contributed by atoms with Crippen molar-refractivity contribution in [2.75, 3.05) is 0 Å². The molecule has 0 atom stereocenters. The largest absolute Gasteiger partial charge is 0.478 e. The van der Waals surface area contributed by atoms with E-state index >= 15 is 0 Å². The number of hydrogen-bond acceptors (Lipinski definition) is 5. The van der Waals surface area contributed by atoms with Crippen LogP contribution in [0.25, 0.3) is 22.6 Å². The summed E-state index contributed by atoms with van der Waals surface area (Å²) in [6.45, 7) is 4.57. The van der Waals surface area contributed by atoms with Gasteiger partial charge < -0.3 is 9.67 Å². The quantitative estimate of drug-likeness (QED) is 0.156. The van der Waals surface area contributed by atoms with Gasteiger partial charge >= 0.3 is 5.97 Å². The highest BCUT2D eigenvalue weighted by Gasteiger charge is 2.22. The number of nitrogens with two attached hydrogens (primary N) is 1. The Hall–Kier alpha value is -4.57. The Labute approximate surface area is 258 Å². The van der Waals surface area contributed by atoms with E-state index in [4.69, 9.17) is 10.1 Å². The molecule has 8 nitrogen and oxygen atoms in total. The SMILES string of the molecule is CCCCn1c(-c2ccccc2)nc(-c2ccccc2)c1CN(Cc1ccc(C(=O)O)cc1)Cc1ccc(S(N)(=O)=O)cc1. The first kappa shape index (κ1) is 30.9. The van der Waals surface area contributed by atoms with Crippen molar-refractivity contribution in [1.82, 2.24) is 14.5 Å². The number of imidazole rings is 1. The Morgan fingerprint density at radius 1 is 0.795 bits per heavy atom. The highest BCUT2D eigenvalue weighted by atomic mass is 32.2. The van der Waals surface area contributed by atoms with Crippen LogP contribution in [0.3, 0.4) is 0 Å². The van der Waals surface area contributed by atoms with Crippen LogP contribution in [0.1, 0.15) is 46.9 Å². The maximum Gasteiger partial charge on any atom is 0.335 e. The van der Waals surface area contributed by atoms with Crippen LogP contribution < -0.4 is 5.14 Å². The number of carboxylic acid groups (broad SMARTS) is 1. The topological polar surface area (TPSA) is 119 Å². The summed E-state index contributed by atoms with van der Waals surface area (Å²) in [5.41, 5.74) is 6.17. The molecule has 0 aliphatic rings. The summed E-state index contributed by atoms with van der Waals surface area (Å²) in [5, 5.41) is 14.7. The van der Waals surface area contributed by atoms with E-state index in [1.807, 2.05) is 48.5 Å². The number of hydrogen-bond donors (Lipinski definition) is 2. The molecule has 0 fully saturated rings.